The molecular formula is C21H32O2. The normalized spacial score (nSPS) is 12.7. The zero-order chi connectivity index (χ0) is 17.3. The van der Waals surface area contributed by atoms with Crippen molar-refractivity contribution in [3.05, 3.63) is 48.0 Å². The second-order valence-electron chi connectivity index (χ2n) is 7.59. The molecule has 128 valence electrons. The van der Waals surface area contributed by atoms with E-state index in [9.17, 15) is 4.79 Å². The quantitative estimate of drug-likeness (QED) is 0.389. The lowest BCUT2D eigenvalue weighted by Crippen LogP contribution is -2.13. The molecule has 0 aliphatic rings. The average Bonchev–Trinajstić information content (AvgIpc) is 2.46. The van der Waals surface area contributed by atoms with Gasteiger partial charge in [-0.25, -0.2) is 4.79 Å². The predicted molar refractivity (Wildman–Crippen MR) is 97.6 cm³/mol. The number of hydrogen-bond acceptors (Lipinski definition) is 2. The third-order valence-corrected chi connectivity index (χ3v) is 4.18. The van der Waals surface area contributed by atoms with Gasteiger partial charge in [0.1, 0.15) is 0 Å². The number of ether oxygens (including phenoxy) is 1. The summed E-state index contributed by atoms with van der Waals surface area (Å²) < 4.78 is 5.35. The average molecular weight is 316 g/mol. The van der Waals surface area contributed by atoms with Crippen LogP contribution in [0.15, 0.2) is 42.5 Å². The lowest BCUT2D eigenvalue weighted by atomic mass is 9.81. The van der Waals surface area contributed by atoms with Gasteiger partial charge in [0.25, 0.3) is 0 Å². The minimum absolute atomic E-state index is 0.222. The maximum absolute atomic E-state index is 11.8. The van der Waals surface area contributed by atoms with Crippen molar-refractivity contribution in [2.45, 2.75) is 59.8 Å². The zero-order valence-electron chi connectivity index (χ0n) is 15.2. The summed E-state index contributed by atoms with van der Waals surface area (Å²) >= 11 is 0. The minimum atomic E-state index is -0.222. The molecule has 0 heterocycles. The largest absolute Gasteiger partial charge is 0.462 e. The lowest BCUT2D eigenvalue weighted by molar-refractivity contribution is 0.0483. The molecule has 0 radical (unpaired) electrons. The molecule has 0 fully saturated rings. The van der Waals surface area contributed by atoms with Crippen molar-refractivity contribution >= 4 is 5.97 Å². The standard InChI is InChI=1S/C21H32O2/c1-17(2)16-21(4,5)14-9-10-18(3)13-15-23-20(22)19-11-7-6-8-12-19/h6-8,11-12,18H,1,9-10,13-16H2,2-5H3. The first kappa shape index (κ1) is 19.5. The molecule has 1 rings (SSSR count). The van der Waals surface area contributed by atoms with E-state index in [1.165, 1.54) is 24.8 Å². The van der Waals surface area contributed by atoms with Gasteiger partial charge >= 0.3 is 5.97 Å². The van der Waals surface area contributed by atoms with Crippen LogP contribution < -0.4 is 0 Å². The van der Waals surface area contributed by atoms with Crippen LogP contribution >= 0.6 is 0 Å². The van der Waals surface area contributed by atoms with Gasteiger partial charge in [-0.1, -0.05) is 57.4 Å². The minimum Gasteiger partial charge on any atom is -0.462 e. The van der Waals surface area contributed by atoms with Crippen LogP contribution in [-0.2, 0) is 4.74 Å². The molecule has 0 bridgehead atoms. The lowest BCUT2D eigenvalue weighted by Gasteiger charge is -2.25. The molecule has 1 aromatic carbocycles. The van der Waals surface area contributed by atoms with E-state index in [1.54, 1.807) is 12.1 Å². The first-order chi connectivity index (χ1) is 10.8. The molecule has 23 heavy (non-hydrogen) atoms. The van der Waals surface area contributed by atoms with E-state index >= 15 is 0 Å². The second kappa shape index (κ2) is 9.54. The summed E-state index contributed by atoms with van der Waals surface area (Å²) in [7, 11) is 0. The molecule has 0 aliphatic carbocycles. The summed E-state index contributed by atoms with van der Waals surface area (Å²) in [6, 6.07) is 9.18. The second-order valence-corrected chi connectivity index (χ2v) is 7.59. The van der Waals surface area contributed by atoms with Crippen LogP contribution in [0.3, 0.4) is 0 Å². The Morgan fingerprint density at radius 2 is 1.87 bits per heavy atom. The molecule has 1 atom stereocenters. The van der Waals surface area contributed by atoms with E-state index in [1.807, 2.05) is 18.2 Å². The molecule has 2 heteroatoms. The van der Waals surface area contributed by atoms with Crippen LogP contribution in [0.25, 0.3) is 0 Å². The first-order valence-corrected chi connectivity index (χ1v) is 8.67. The molecule has 0 aliphatic heterocycles. The highest BCUT2D eigenvalue weighted by molar-refractivity contribution is 5.89. The molecule has 0 saturated heterocycles. The van der Waals surface area contributed by atoms with Crippen molar-refractivity contribution in [1.82, 2.24) is 0 Å². The summed E-state index contributed by atoms with van der Waals surface area (Å²) in [5.74, 6) is 0.361. The van der Waals surface area contributed by atoms with E-state index in [0.717, 1.165) is 12.8 Å². The molecule has 0 aromatic heterocycles. The molecule has 1 aromatic rings. The summed E-state index contributed by atoms with van der Waals surface area (Å²) in [6.45, 7) is 13.5. The number of esters is 1. The highest BCUT2D eigenvalue weighted by atomic mass is 16.5. The third-order valence-electron chi connectivity index (χ3n) is 4.18. The zero-order valence-corrected chi connectivity index (χ0v) is 15.2. The Labute approximate surface area is 141 Å². The Bertz CT molecular complexity index is 488. The van der Waals surface area contributed by atoms with Crippen LogP contribution in [0.2, 0.25) is 0 Å². The highest BCUT2D eigenvalue weighted by Crippen LogP contribution is 2.31. The Balaban J connectivity index is 2.18. The topological polar surface area (TPSA) is 26.3 Å². The smallest absolute Gasteiger partial charge is 0.338 e. The van der Waals surface area contributed by atoms with Gasteiger partial charge < -0.3 is 4.74 Å². The van der Waals surface area contributed by atoms with E-state index in [4.69, 9.17) is 4.74 Å². The number of allylic oxidation sites excluding steroid dienone is 1. The van der Waals surface area contributed by atoms with Crippen molar-refractivity contribution < 1.29 is 9.53 Å². The Morgan fingerprint density at radius 1 is 1.22 bits per heavy atom. The summed E-state index contributed by atoms with van der Waals surface area (Å²) in [5, 5.41) is 0. The maximum atomic E-state index is 11.8. The number of carbonyl (C=O) groups excluding carboxylic acids is 1. The fourth-order valence-corrected chi connectivity index (χ4v) is 2.99. The molecule has 0 saturated carbocycles. The van der Waals surface area contributed by atoms with Gasteiger partial charge in [-0.15, -0.1) is 6.58 Å². The van der Waals surface area contributed by atoms with Crippen LogP contribution in [0.4, 0.5) is 0 Å². The molecule has 0 amide bonds. The SMILES string of the molecule is C=C(C)CC(C)(C)CCCC(C)CCOC(=O)c1ccccc1. The van der Waals surface area contributed by atoms with E-state index in [0.29, 0.717) is 23.5 Å². The monoisotopic (exact) mass is 316 g/mol. The number of rotatable bonds is 10. The fourth-order valence-electron chi connectivity index (χ4n) is 2.99. The predicted octanol–water partition coefficient (Wildman–Crippen LogP) is 6.03. The van der Waals surface area contributed by atoms with Crippen molar-refractivity contribution in [3.63, 3.8) is 0 Å². The van der Waals surface area contributed by atoms with Gasteiger partial charge in [0, 0.05) is 0 Å². The molecule has 0 N–H and O–H groups in total. The third kappa shape index (κ3) is 8.59. The molecule has 2 nitrogen and oxygen atoms in total. The fraction of sp³-hybridized carbons (Fsp3) is 0.571. The van der Waals surface area contributed by atoms with Crippen LogP contribution in [-0.4, -0.2) is 12.6 Å². The molecular weight excluding hydrogens is 284 g/mol. The molecule has 0 spiro atoms. The van der Waals surface area contributed by atoms with Gasteiger partial charge in [-0.2, -0.15) is 0 Å². The summed E-state index contributed by atoms with van der Waals surface area (Å²) in [4.78, 5) is 11.8. The van der Waals surface area contributed by atoms with Crippen LogP contribution in [0, 0.1) is 11.3 Å². The summed E-state index contributed by atoms with van der Waals surface area (Å²) in [5.41, 5.74) is 2.23. The molecule has 1 unspecified atom stereocenters. The van der Waals surface area contributed by atoms with E-state index < -0.39 is 0 Å². The van der Waals surface area contributed by atoms with Crippen molar-refractivity contribution in [2.24, 2.45) is 11.3 Å². The Morgan fingerprint density at radius 3 is 2.48 bits per heavy atom. The Hall–Kier alpha value is -1.57. The maximum Gasteiger partial charge on any atom is 0.338 e. The van der Waals surface area contributed by atoms with Gasteiger partial charge in [0.2, 0.25) is 0 Å². The van der Waals surface area contributed by atoms with E-state index in [-0.39, 0.29) is 5.97 Å². The van der Waals surface area contributed by atoms with Gasteiger partial charge in [0.05, 0.1) is 12.2 Å². The number of hydrogen-bond donors (Lipinski definition) is 0. The van der Waals surface area contributed by atoms with Gasteiger partial charge in [-0.05, 0) is 49.7 Å². The van der Waals surface area contributed by atoms with Crippen molar-refractivity contribution in [2.75, 3.05) is 6.61 Å². The van der Waals surface area contributed by atoms with Crippen molar-refractivity contribution in [1.29, 1.82) is 0 Å². The first-order valence-electron chi connectivity index (χ1n) is 8.67. The Kier molecular flexibility index (Phi) is 8.08. The highest BCUT2D eigenvalue weighted by Gasteiger charge is 2.18. The van der Waals surface area contributed by atoms with Crippen molar-refractivity contribution in [3.8, 4) is 0 Å². The van der Waals surface area contributed by atoms with Gasteiger partial charge in [0.15, 0.2) is 0 Å². The number of carbonyl (C=O) groups is 1. The van der Waals surface area contributed by atoms with Crippen LogP contribution in [0.5, 0.6) is 0 Å². The summed E-state index contributed by atoms with van der Waals surface area (Å²) in [6.07, 6.45) is 5.64. The van der Waals surface area contributed by atoms with Gasteiger partial charge in [-0.3, -0.25) is 0 Å². The number of benzene rings is 1. The van der Waals surface area contributed by atoms with E-state index in [2.05, 4.69) is 34.3 Å². The van der Waals surface area contributed by atoms with Crippen LogP contribution in [0.1, 0.15) is 70.2 Å².